The van der Waals surface area contributed by atoms with E-state index >= 15 is 0 Å². The predicted molar refractivity (Wildman–Crippen MR) is 82.4 cm³/mol. The molecule has 1 spiro atoms. The van der Waals surface area contributed by atoms with Crippen molar-refractivity contribution >= 4 is 0 Å². The van der Waals surface area contributed by atoms with Crippen molar-refractivity contribution in [3.05, 3.63) is 22.8 Å². The van der Waals surface area contributed by atoms with Gasteiger partial charge in [-0.25, -0.2) is 0 Å². The van der Waals surface area contributed by atoms with E-state index in [0.717, 1.165) is 32.2 Å². The summed E-state index contributed by atoms with van der Waals surface area (Å²) < 4.78 is 6.19. The second kappa shape index (κ2) is 3.98. The summed E-state index contributed by atoms with van der Waals surface area (Å²) in [6.07, 6.45) is 3.34. The van der Waals surface area contributed by atoms with Gasteiger partial charge in [-0.1, -0.05) is 0 Å². The monoisotopic (exact) mass is 301 g/mol. The Morgan fingerprint density at radius 2 is 2.18 bits per heavy atom. The number of piperidine rings is 1. The molecule has 4 heteroatoms. The molecular formula is C18H23NO3. The highest BCUT2D eigenvalue weighted by molar-refractivity contribution is 5.63. The molecule has 2 aliphatic carbocycles. The van der Waals surface area contributed by atoms with E-state index in [-0.39, 0.29) is 17.3 Å². The molecule has 4 aliphatic rings. The van der Waals surface area contributed by atoms with Crippen molar-refractivity contribution in [2.45, 2.75) is 56.3 Å². The Morgan fingerprint density at radius 1 is 1.36 bits per heavy atom. The van der Waals surface area contributed by atoms with Crippen LogP contribution in [0.25, 0.3) is 0 Å². The lowest BCUT2D eigenvalue weighted by Gasteiger charge is -2.58. The van der Waals surface area contributed by atoms with Crippen LogP contribution in [0.15, 0.2) is 6.07 Å². The molecule has 118 valence electrons. The number of aliphatic hydroxyl groups excluding tert-OH is 1. The van der Waals surface area contributed by atoms with Crippen LogP contribution >= 0.6 is 0 Å². The van der Waals surface area contributed by atoms with Crippen LogP contribution in [0.2, 0.25) is 0 Å². The van der Waals surface area contributed by atoms with Gasteiger partial charge in [0.1, 0.15) is 6.10 Å². The summed E-state index contributed by atoms with van der Waals surface area (Å²) in [5.41, 5.74) is 3.68. The van der Waals surface area contributed by atoms with E-state index in [2.05, 4.69) is 18.9 Å². The topological polar surface area (TPSA) is 52.9 Å². The minimum atomic E-state index is -0.418. The molecule has 1 saturated heterocycles. The fourth-order valence-electron chi connectivity index (χ4n) is 5.98. The number of hydrogen-bond acceptors (Lipinski definition) is 4. The number of nitrogens with zero attached hydrogens (tertiary/aromatic N) is 1. The summed E-state index contributed by atoms with van der Waals surface area (Å²) in [7, 11) is 2.23. The van der Waals surface area contributed by atoms with Crippen molar-refractivity contribution in [2.75, 3.05) is 13.6 Å². The first-order chi connectivity index (χ1) is 10.5. The Morgan fingerprint density at radius 3 is 3.00 bits per heavy atom. The van der Waals surface area contributed by atoms with Gasteiger partial charge in [0.15, 0.2) is 11.5 Å². The number of likely N-dealkylation sites (N-methyl/N-ethyl adjacent to an activating group) is 1. The van der Waals surface area contributed by atoms with Crippen LogP contribution in [0.1, 0.15) is 36.0 Å². The summed E-state index contributed by atoms with van der Waals surface area (Å²) in [4.78, 5) is 2.50. The molecular weight excluding hydrogens is 278 g/mol. The first kappa shape index (κ1) is 13.2. The largest absolute Gasteiger partial charge is 0.504 e. The molecule has 2 aliphatic heterocycles. The van der Waals surface area contributed by atoms with Crippen molar-refractivity contribution in [1.29, 1.82) is 0 Å². The Balaban J connectivity index is 1.84. The number of likely N-dealkylation sites (tertiary alicyclic amines) is 1. The van der Waals surface area contributed by atoms with Crippen molar-refractivity contribution in [2.24, 2.45) is 5.92 Å². The lowest BCUT2D eigenvalue weighted by Crippen LogP contribution is -2.66. The lowest BCUT2D eigenvalue weighted by molar-refractivity contribution is -0.0994. The van der Waals surface area contributed by atoms with Crippen LogP contribution in [-0.4, -0.2) is 47.0 Å². The van der Waals surface area contributed by atoms with Crippen LogP contribution in [0.4, 0.5) is 0 Å². The molecule has 1 saturated carbocycles. The number of rotatable bonds is 0. The molecule has 0 radical (unpaired) electrons. The highest BCUT2D eigenvalue weighted by Gasteiger charge is 2.65. The van der Waals surface area contributed by atoms with Gasteiger partial charge in [0.2, 0.25) is 0 Å². The highest BCUT2D eigenvalue weighted by Crippen LogP contribution is 2.64. The zero-order valence-corrected chi connectivity index (χ0v) is 13.2. The summed E-state index contributed by atoms with van der Waals surface area (Å²) in [6.45, 7) is 3.13. The van der Waals surface area contributed by atoms with Gasteiger partial charge in [0, 0.05) is 17.0 Å². The van der Waals surface area contributed by atoms with E-state index in [1.54, 1.807) is 0 Å². The summed E-state index contributed by atoms with van der Waals surface area (Å²) in [6, 6.07) is 2.37. The Hall–Kier alpha value is -1.26. The number of aliphatic hydroxyl groups is 1. The van der Waals surface area contributed by atoms with Gasteiger partial charge in [-0.15, -0.1) is 0 Å². The second-order valence-electron chi connectivity index (χ2n) is 7.73. The molecule has 4 nitrogen and oxygen atoms in total. The number of phenolic OH excluding ortho intramolecular Hbond substituents is 1. The molecule has 5 rings (SSSR count). The van der Waals surface area contributed by atoms with Gasteiger partial charge in [-0.2, -0.15) is 0 Å². The third-order valence-corrected chi connectivity index (χ3v) is 6.92. The number of phenols is 1. The molecule has 0 amide bonds. The van der Waals surface area contributed by atoms with Crippen molar-refractivity contribution in [1.82, 2.24) is 4.90 Å². The fraction of sp³-hybridized carbons (Fsp3) is 0.667. The smallest absolute Gasteiger partial charge is 0.165 e. The first-order valence-electron chi connectivity index (χ1n) is 8.45. The quantitative estimate of drug-likeness (QED) is 0.766. The zero-order chi connectivity index (χ0) is 15.2. The molecule has 5 atom stereocenters. The molecule has 22 heavy (non-hydrogen) atoms. The molecule has 2 heterocycles. The Labute approximate surface area is 130 Å². The average molecular weight is 301 g/mol. The van der Waals surface area contributed by atoms with Crippen LogP contribution in [0, 0.1) is 12.8 Å². The first-order valence-corrected chi connectivity index (χ1v) is 8.45. The highest BCUT2D eigenvalue weighted by atomic mass is 16.5. The predicted octanol–water partition coefficient (Wildman–Crippen LogP) is 1.73. The number of benzene rings is 1. The van der Waals surface area contributed by atoms with E-state index in [1.807, 2.05) is 6.07 Å². The molecule has 2 fully saturated rings. The standard InChI is InChI=1S/C18H23NO3/c1-9-7-14(21)16-15-10(9)8-12-11-3-4-13(20)17(22-16)18(11,15)5-6-19(12)2/h7,11-13,17,20-21H,3-6,8H2,1-2H3/t11-,12?,13+,17-,18?/m0/s1. The van der Waals surface area contributed by atoms with E-state index in [9.17, 15) is 10.2 Å². The van der Waals surface area contributed by atoms with Gasteiger partial charge < -0.3 is 19.8 Å². The molecule has 2 bridgehead atoms. The van der Waals surface area contributed by atoms with Gasteiger partial charge in [0.05, 0.1) is 6.10 Å². The molecule has 1 aromatic rings. The van der Waals surface area contributed by atoms with Gasteiger partial charge in [-0.05, 0) is 69.3 Å². The van der Waals surface area contributed by atoms with Gasteiger partial charge in [-0.3, -0.25) is 0 Å². The van der Waals surface area contributed by atoms with Crippen molar-refractivity contribution in [3.8, 4) is 11.5 Å². The molecule has 2 unspecified atom stereocenters. The molecule has 1 aromatic carbocycles. The third kappa shape index (κ3) is 1.29. The summed E-state index contributed by atoms with van der Waals surface area (Å²) in [5.74, 6) is 1.46. The summed E-state index contributed by atoms with van der Waals surface area (Å²) in [5, 5.41) is 21.0. The van der Waals surface area contributed by atoms with E-state index in [1.165, 1.54) is 16.7 Å². The van der Waals surface area contributed by atoms with Crippen LogP contribution in [-0.2, 0) is 11.8 Å². The normalized spacial score (nSPS) is 42.0. The number of hydrogen-bond donors (Lipinski definition) is 2. The van der Waals surface area contributed by atoms with Crippen molar-refractivity contribution in [3.63, 3.8) is 0 Å². The molecule has 0 aromatic heterocycles. The zero-order valence-electron chi connectivity index (χ0n) is 13.2. The van der Waals surface area contributed by atoms with E-state index in [0.29, 0.717) is 17.7 Å². The maximum absolute atomic E-state index is 10.6. The second-order valence-corrected chi connectivity index (χ2v) is 7.73. The SMILES string of the molecule is Cc1cc(O)c2c3c1CC1[C@@H]4CC[C@@H](O)[C@H](O2)C34CCN1C. The van der Waals surface area contributed by atoms with Gasteiger partial charge >= 0.3 is 0 Å². The van der Waals surface area contributed by atoms with Crippen LogP contribution in [0.5, 0.6) is 11.5 Å². The van der Waals surface area contributed by atoms with Crippen molar-refractivity contribution < 1.29 is 14.9 Å². The summed E-state index contributed by atoms with van der Waals surface area (Å²) >= 11 is 0. The van der Waals surface area contributed by atoms with Crippen LogP contribution in [0.3, 0.4) is 0 Å². The maximum Gasteiger partial charge on any atom is 0.165 e. The maximum atomic E-state index is 10.6. The molecule has 2 N–H and O–H groups in total. The number of aryl methyl sites for hydroxylation is 1. The fourth-order valence-corrected chi connectivity index (χ4v) is 5.98. The van der Waals surface area contributed by atoms with E-state index in [4.69, 9.17) is 4.74 Å². The van der Waals surface area contributed by atoms with E-state index < -0.39 is 6.10 Å². The Kier molecular flexibility index (Phi) is 2.39. The lowest BCUT2D eigenvalue weighted by atomic mass is 9.51. The number of aromatic hydroxyl groups is 1. The number of ether oxygens (including phenoxy) is 1. The van der Waals surface area contributed by atoms with Gasteiger partial charge in [0.25, 0.3) is 0 Å². The minimum absolute atomic E-state index is 0.0821. The third-order valence-electron chi connectivity index (χ3n) is 6.92. The minimum Gasteiger partial charge on any atom is -0.504 e. The Bertz CT molecular complexity index is 673. The van der Waals surface area contributed by atoms with Crippen LogP contribution < -0.4 is 4.74 Å². The average Bonchev–Trinajstić information content (AvgIpc) is 2.83.